The van der Waals surface area contributed by atoms with Crippen LogP contribution in [0.5, 0.6) is 0 Å². The first-order valence-corrected chi connectivity index (χ1v) is 12.9. The molecule has 0 amide bonds. The van der Waals surface area contributed by atoms with E-state index in [9.17, 15) is 0 Å². The molecule has 2 nitrogen and oxygen atoms in total. The second-order valence-corrected chi connectivity index (χ2v) is 9.64. The van der Waals surface area contributed by atoms with Gasteiger partial charge < -0.3 is 10.3 Å². The van der Waals surface area contributed by atoms with Crippen molar-refractivity contribution in [2.24, 2.45) is 0 Å². The molecule has 0 atom stereocenters. The molecule has 0 radical (unpaired) electrons. The molecule has 38 heavy (non-hydrogen) atoms. The average molecular weight is 487 g/mol. The number of hydrogen-bond donors (Lipinski definition) is 1. The van der Waals surface area contributed by atoms with Crippen molar-refractivity contribution in [3.05, 3.63) is 146 Å². The lowest BCUT2D eigenvalue weighted by molar-refractivity contribution is 1.18. The van der Waals surface area contributed by atoms with Crippen LogP contribution in [0.25, 0.3) is 60.9 Å². The Morgan fingerprint density at radius 3 is 1.45 bits per heavy atom. The van der Waals surface area contributed by atoms with Gasteiger partial charge in [0.05, 0.1) is 11.0 Å². The van der Waals surface area contributed by atoms with Crippen LogP contribution in [-0.2, 0) is 0 Å². The van der Waals surface area contributed by atoms with Crippen LogP contribution in [0, 0.1) is 0 Å². The SMILES string of the molecule is Nc1ccc(-c2ccc(-n3c4ccccc4c4ccccc43)cc2-c2ccccc2)c(-c2ccccc2)c1. The molecule has 0 aliphatic rings. The fourth-order valence-corrected chi connectivity index (χ4v) is 5.62. The molecule has 1 aromatic heterocycles. The molecule has 2 heteroatoms. The zero-order valence-electron chi connectivity index (χ0n) is 20.9. The lowest BCUT2D eigenvalue weighted by atomic mass is 9.88. The van der Waals surface area contributed by atoms with E-state index in [1.165, 1.54) is 38.5 Å². The molecule has 2 N–H and O–H groups in total. The molecule has 0 saturated carbocycles. The summed E-state index contributed by atoms with van der Waals surface area (Å²) in [7, 11) is 0. The molecule has 0 bridgehead atoms. The summed E-state index contributed by atoms with van der Waals surface area (Å²) in [5.74, 6) is 0. The van der Waals surface area contributed by atoms with E-state index < -0.39 is 0 Å². The predicted octanol–water partition coefficient (Wildman–Crippen LogP) is 9.37. The maximum atomic E-state index is 6.28. The highest BCUT2D eigenvalue weighted by Gasteiger charge is 2.17. The minimum absolute atomic E-state index is 0.760. The normalized spacial score (nSPS) is 11.3. The van der Waals surface area contributed by atoms with Gasteiger partial charge in [0.2, 0.25) is 0 Å². The Morgan fingerprint density at radius 2 is 0.868 bits per heavy atom. The number of anilines is 1. The number of nitrogen functional groups attached to an aromatic ring is 1. The van der Waals surface area contributed by atoms with Crippen LogP contribution in [0.15, 0.2) is 146 Å². The molecule has 0 spiro atoms. The van der Waals surface area contributed by atoms with Crippen molar-refractivity contribution < 1.29 is 0 Å². The summed E-state index contributed by atoms with van der Waals surface area (Å²) in [6.45, 7) is 0. The van der Waals surface area contributed by atoms with Gasteiger partial charge in [-0.3, -0.25) is 0 Å². The van der Waals surface area contributed by atoms with Crippen molar-refractivity contribution >= 4 is 27.5 Å². The number of benzene rings is 6. The van der Waals surface area contributed by atoms with Crippen molar-refractivity contribution in [1.29, 1.82) is 0 Å². The molecule has 0 unspecified atom stereocenters. The van der Waals surface area contributed by atoms with Crippen molar-refractivity contribution in [2.45, 2.75) is 0 Å². The fourth-order valence-electron chi connectivity index (χ4n) is 5.62. The average Bonchev–Trinajstić information content (AvgIpc) is 3.32. The molecule has 7 aromatic rings. The van der Waals surface area contributed by atoms with Crippen LogP contribution < -0.4 is 5.73 Å². The molecule has 7 rings (SSSR count). The van der Waals surface area contributed by atoms with Crippen molar-refractivity contribution in [1.82, 2.24) is 4.57 Å². The third-order valence-corrected chi connectivity index (χ3v) is 7.34. The highest BCUT2D eigenvalue weighted by atomic mass is 15.0. The van der Waals surface area contributed by atoms with Crippen LogP contribution in [-0.4, -0.2) is 4.57 Å². The van der Waals surface area contributed by atoms with Crippen LogP contribution >= 0.6 is 0 Å². The Kier molecular flexibility index (Phi) is 5.30. The molecule has 6 aromatic carbocycles. The van der Waals surface area contributed by atoms with Gasteiger partial charge in [-0.15, -0.1) is 0 Å². The Balaban J connectivity index is 1.52. The number of fused-ring (bicyclic) bond motifs is 3. The molecule has 0 fully saturated rings. The number of rotatable bonds is 4. The van der Waals surface area contributed by atoms with Gasteiger partial charge in [-0.1, -0.05) is 109 Å². The van der Waals surface area contributed by atoms with E-state index in [1.807, 2.05) is 12.1 Å². The topological polar surface area (TPSA) is 30.9 Å². The Morgan fingerprint density at radius 1 is 0.395 bits per heavy atom. The molecular formula is C36H26N2. The summed E-state index contributed by atoms with van der Waals surface area (Å²) in [4.78, 5) is 0. The standard InChI is InChI=1S/C36H26N2/c37-27-19-21-29(33(23-27)25-11-3-1-4-12-25)30-22-20-28(24-34(30)26-13-5-2-6-14-26)38-35-17-9-7-15-31(35)32-16-8-10-18-36(32)38/h1-24H,37H2. The van der Waals surface area contributed by atoms with E-state index in [2.05, 4.69) is 138 Å². The number of aromatic nitrogens is 1. The van der Waals surface area contributed by atoms with E-state index >= 15 is 0 Å². The first-order valence-electron chi connectivity index (χ1n) is 12.9. The number of nitrogens with two attached hydrogens (primary N) is 1. The predicted molar refractivity (Wildman–Crippen MR) is 162 cm³/mol. The van der Waals surface area contributed by atoms with Crippen LogP contribution in [0.2, 0.25) is 0 Å². The van der Waals surface area contributed by atoms with Gasteiger partial charge in [-0.25, -0.2) is 0 Å². The van der Waals surface area contributed by atoms with E-state index in [0.717, 1.165) is 28.1 Å². The van der Waals surface area contributed by atoms with Crippen LogP contribution in [0.4, 0.5) is 5.69 Å². The minimum Gasteiger partial charge on any atom is -0.399 e. The van der Waals surface area contributed by atoms with Gasteiger partial charge in [0.25, 0.3) is 0 Å². The zero-order valence-corrected chi connectivity index (χ0v) is 20.9. The summed E-state index contributed by atoms with van der Waals surface area (Å²) < 4.78 is 2.38. The van der Waals surface area contributed by atoms with Gasteiger partial charge >= 0.3 is 0 Å². The van der Waals surface area contributed by atoms with Gasteiger partial charge in [0, 0.05) is 22.1 Å². The molecule has 0 aliphatic carbocycles. The summed E-state index contributed by atoms with van der Waals surface area (Å²) in [6, 6.07) is 51.5. The summed E-state index contributed by atoms with van der Waals surface area (Å²) in [5, 5.41) is 2.52. The second-order valence-electron chi connectivity index (χ2n) is 9.64. The first-order chi connectivity index (χ1) is 18.8. The smallest absolute Gasteiger partial charge is 0.0541 e. The molecule has 1 heterocycles. The lowest BCUT2D eigenvalue weighted by Gasteiger charge is -2.18. The highest BCUT2D eigenvalue weighted by molar-refractivity contribution is 6.09. The Bertz CT molecular complexity index is 1860. The molecule has 0 aliphatic heterocycles. The molecule has 180 valence electrons. The quantitative estimate of drug-likeness (QED) is 0.247. The van der Waals surface area contributed by atoms with E-state index in [-0.39, 0.29) is 0 Å². The Hall–Kier alpha value is -5.08. The zero-order chi connectivity index (χ0) is 25.5. The van der Waals surface area contributed by atoms with E-state index in [4.69, 9.17) is 5.73 Å². The van der Waals surface area contributed by atoms with Gasteiger partial charge in [0.15, 0.2) is 0 Å². The summed E-state index contributed by atoms with van der Waals surface area (Å²) >= 11 is 0. The molecule has 0 saturated heterocycles. The van der Waals surface area contributed by atoms with Gasteiger partial charge in [-0.2, -0.15) is 0 Å². The third-order valence-electron chi connectivity index (χ3n) is 7.34. The van der Waals surface area contributed by atoms with Crippen LogP contribution in [0.1, 0.15) is 0 Å². The maximum absolute atomic E-state index is 6.28. The van der Waals surface area contributed by atoms with Crippen molar-refractivity contribution in [3.8, 4) is 39.1 Å². The number of nitrogens with zero attached hydrogens (tertiary/aromatic N) is 1. The highest BCUT2D eigenvalue weighted by Crippen LogP contribution is 2.41. The number of hydrogen-bond acceptors (Lipinski definition) is 1. The largest absolute Gasteiger partial charge is 0.399 e. The maximum Gasteiger partial charge on any atom is 0.0541 e. The Labute approximate surface area is 222 Å². The van der Waals surface area contributed by atoms with E-state index in [1.54, 1.807) is 0 Å². The van der Waals surface area contributed by atoms with Crippen molar-refractivity contribution in [2.75, 3.05) is 5.73 Å². The number of para-hydroxylation sites is 2. The summed E-state index contributed by atoms with van der Waals surface area (Å²) in [5.41, 5.74) is 17.6. The van der Waals surface area contributed by atoms with E-state index in [0.29, 0.717) is 0 Å². The monoisotopic (exact) mass is 486 g/mol. The van der Waals surface area contributed by atoms with Gasteiger partial charge in [-0.05, 0) is 69.8 Å². The molecular weight excluding hydrogens is 460 g/mol. The first kappa shape index (κ1) is 22.1. The minimum atomic E-state index is 0.760. The van der Waals surface area contributed by atoms with Crippen molar-refractivity contribution in [3.63, 3.8) is 0 Å². The lowest BCUT2D eigenvalue weighted by Crippen LogP contribution is -1.97. The summed E-state index contributed by atoms with van der Waals surface area (Å²) in [6.07, 6.45) is 0. The van der Waals surface area contributed by atoms with Crippen LogP contribution in [0.3, 0.4) is 0 Å². The third kappa shape index (κ3) is 3.66. The second kappa shape index (κ2) is 9.10. The van der Waals surface area contributed by atoms with Gasteiger partial charge in [0.1, 0.15) is 0 Å². The fraction of sp³-hybridized carbons (Fsp3) is 0.